The van der Waals surface area contributed by atoms with Crippen LogP contribution in [-0.4, -0.2) is 22.2 Å². The highest BCUT2D eigenvalue weighted by Gasteiger charge is 2.43. The maximum absolute atomic E-state index is 12.7. The van der Waals surface area contributed by atoms with Crippen LogP contribution >= 0.6 is 0 Å². The minimum absolute atomic E-state index is 0.397. The van der Waals surface area contributed by atoms with E-state index < -0.39 is 11.5 Å². The van der Waals surface area contributed by atoms with Crippen molar-refractivity contribution in [2.75, 3.05) is 0 Å². The van der Waals surface area contributed by atoms with Crippen LogP contribution in [0.4, 0.5) is 4.39 Å². The number of rotatable bonds is 1. The minimum atomic E-state index is -0.822. The third-order valence-electron chi connectivity index (χ3n) is 3.77. The maximum Gasteiger partial charge on any atom is 0.212 e. The van der Waals surface area contributed by atoms with E-state index in [0.29, 0.717) is 24.9 Å². The van der Waals surface area contributed by atoms with Crippen LogP contribution in [0, 0.1) is 5.95 Å². The summed E-state index contributed by atoms with van der Waals surface area (Å²) in [4.78, 5) is 3.62. The van der Waals surface area contributed by atoms with Crippen molar-refractivity contribution in [1.82, 2.24) is 10.3 Å². The van der Waals surface area contributed by atoms with Crippen molar-refractivity contribution < 1.29 is 9.50 Å². The van der Waals surface area contributed by atoms with Crippen LogP contribution in [0.1, 0.15) is 31.2 Å². The summed E-state index contributed by atoms with van der Waals surface area (Å²) < 4.78 is 12.7. The Morgan fingerprint density at radius 2 is 2.00 bits per heavy atom. The van der Waals surface area contributed by atoms with E-state index in [0.717, 1.165) is 18.4 Å². The van der Waals surface area contributed by atoms with Crippen LogP contribution in [0.2, 0.25) is 0 Å². The second kappa shape index (κ2) is 3.50. The van der Waals surface area contributed by atoms with Gasteiger partial charge in [-0.15, -0.1) is 0 Å². The molecule has 4 heteroatoms. The summed E-state index contributed by atoms with van der Waals surface area (Å²) in [6, 6.07) is 3.76. The van der Waals surface area contributed by atoms with Crippen molar-refractivity contribution in [1.29, 1.82) is 0 Å². The summed E-state index contributed by atoms with van der Waals surface area (Å²) in [7, 11) is 0. The zero-order chi connectivity index (χ0) is 11.2. The van der Waals surface area contributed by atoms with Gasteiger partial charge < -0.3 is 10.4 Å². The first-order chi connectivity index (χ1) is 7.66. The molecule has 86 valence electrons. The molecule has 16 heavy (non-hydrogen) atoms. The van der Waals surface area contributed by atoms with Gasteiger partial charge in [0.2, 0.25) is 5.95 Å². The molecule has 3 nitrogen and oxygen atoms in total. The molecule has 1 aromatic rings. The van der Waals surface area contributed by atoms with Gasteiger partial charge in [-0.2, -0.15) is 4.39 Å². The number of pyridine rings is 1. The van der Waals surface area contributed by atoms with Gasteiger partial charge >= 0.3 is 0 Å². The molecule has 2 fully saturated rings. The molecule has 0 aliphatic carbocycles. The molecule has 2 N–H and O–H groups in total. The molecule has 2 saturated heterocycles. The van der Waals surface area contributed by atoms with Gasteiger partial charge in [0.25, 0.3) is 0 Å². The minimum Gasteiger partial charge on any atom is -0.385 e. The summed E-state index contributed by atoms with van der Waals surface area (Å²) in [5, 5.41) is 14.1. The van der Waals surface area contributed by atoms with Crippen LogP contribution < -0.4 is 5.32 Å². The third kappa shape index (κ3) is 1.62. The van der Waals surface area contributed by atoms with Gasteiger partial charge in [-0.25, -0.2) is 4.98 Å². The molecule has 0 aromatic carbocycles. The second-order valence-corrected chi connectivity index (χ2v) is 4.95. The normalized spacial score (nSPS) is 37.6. The Morgan fingerprint density at radius 3 is 2.56 bits per heavy atom. The Kier molecular flexibility index (Phi) is 2.23. The average Bonchev–Trinajstić information content (AvgIpc) is 2.59. The number of halogens is 1. The number of piperidine rings is 1. The lowest BCUT2D eigenvalue weighted by molar-refractivity contribution is -0.0118. The fraction of sp³-hybridized carbons (Fsp3) is 0.583. The van der Waals surface area contributed by atoms with E-state index in [1.165, 1.54) is 12.3 Å². The van der Waals surface area contributed by atoms with Crippen LogP contribution in [0.15, 0.2) is 18.3 Å². The van der Waals surface area contributed by atoms with Crippen molar-refractivity contribution in [2.24, 2.45) is 0 Å². The Hall–Kier alpha value is -1.00. The van der Waals surface area contributed by atoms with Gasteiger partial charge in [0.1, 0.15) is 0 Å². The molecule has 3 heterocycles. The molecular weight excluding hydrogens is 207 g/mol. The Morgan fingerprint density at radius 1 is 1.31 bits per heavy atom. The van der Waals surface area contributed by atoms with E-state index in [4.69, 9.17) is 0 Å². The smallest absolute Gasteiger partial charge is 0.212 e. The van der Waals surface area contributed by atoms with E-state index in [1.807, 2.05) is 0 Å². The van der Waals surface area contributed by atoms with E-state index in [-0.39, 0.29) is 0 Å². The van der Waals surface area contributed by atoms with Crippen LogP contribution in [-0.2, 0) is 5.60 Å². The number of nitrogens with one attached hydrogen (secondary N) is 1. The van der Waals surface area contributed by atoms with Gasteiger partial charge in [0.15, 0.2) is 0 Å². The van der Waals surface area contributed by atoms with Gasteiger partial charge in [-0.05, 0) is 31.7 Å². The standard InChI is InChI=1S/C12H15FN2O/c13-11-4-1-8(7-14-11)12(16)5-9-2-3-10(6-12)15-9/h1,4,7,9-10,15-16H,2-3,5-6H2. The number of fused-ring (bicyclic) bond motifs is 2. The zero-order valence-corrected chi connectivity index (χ0v) is 8.99. The number of aromatic nitrogens is 1. The average molecular weight is 222 g/mol. The van der Waals surface area contributed by atoms with E-state index in [1.54, 1.807) is 6.07 Å². The predicted molar refractivity (Wildman–Crippen MR) is 57.3 cm³/mol. The zero-order valence-electron chi connectivity index (χ0n) is 8.99. The van der Waals surface area contributed by atoms with Crippen LogP contribution in [0.3, 0.4) is 0 Å². The first-order valence-corrected chi connectivity index (χ1v) is 5.76. The topological polar surface area (TPSA) is 45.2 Å². The predicted octanol–water partition coefficient (Wildman–Crippen LogP) is 1.32. The highest BCUT2D eigenvalue weighted by atomic mass is 19.1. The molecular formula is C12H15FN2O. The first kappa shape index (κ1) is 10.2. The van der Waals surface area contributed by atoms with Gasteiger partial charge in [-0.1, -0.05) is 6.07 Å². The lowest BCUT2D eigenvalue weighted by Gasteiger charge is -2.37. The van der Waals surface area contributed by atoms with E-state index in [9.17, 15) is 9.50 Å². The molecule has 1 aromatic heterocycles. The largest absolute Gasteiger partial charge is 0.385 e. The van der Waals surface area contributed by atoms with Crippen molar-refractivity contribution in [3.63, 3.8) is 0 Å². The third-order valence-corrected chi connectivity index (χ3v) is 3.77. The number of aliphatic hydroxyl groups is 1. The molecule has 2 atom stereocenters. The summed E-state index contributed by atoms with van der Waals surface area (Å²) in [5.74, 6) is -0.496. The number of hydrogen-bond acceptors (Lipinski definition) is 3. The van der Waals surface area contributed by atoms with Crippen molar-refractivity contribution in [3.05, 3.63) is 29.8 Å². The molecule has 0 saturated carbocycles. The highest BCUT2D eigenvalue weighted by molar-refractivity contribution is 5.21. The van der Waals surface area contributed by atoms with Gasteiger partial charge in [0.05, 0.1) is 5.60 Å². The maximum atomic E-state index is 12.7. The highest BCUT2D eigenvalue weighted by Crippen LogP contribution is 2.40. The fourth-order valence-electron chi connectivity index (χ4n) is 3.01. The van der Waals surface area contributed by atoms with Crippen molar-refractivity contribution >= 4 is 0 Å². The second-order valence-electron chi connectivity index (χ2n) is 4.95. The molecule has 2 aliphatic rings. The Bertz CT molecular complexity index is 381. The lowest BCUT2D eigenvalue weighted by Crippen LogP contribution is -2.46. The number of hydrogen-bond donors (Lipinski definition) is 2. The lowest BCUT2D eigenvalue weighted by atomic mass is 9.82. The van der Waals surface area contributed by atoms with Crippen molar-refractivity contribution in [3.8, 4) is 0 Å². The molecule has 0 amide bonds. The van der Waals surface area contributed by atoms with Crippen LogP contribution in [0.25, 0.3) is 0 Å². The summed E-state index contributed by atoms with van der Waals surface area (Å²) in [5.41, 5.74) is -0.0788. The van der Waals surface area contributed by atoms with Crippen LogP contribution in [0.5, 0.6) is 0 Å². The molecule has 3 rings (SSSR count). The fourth-order valence-corrected chi connectivity index (χ4v) is 3.01. The summed E-state index contributed by atoms with van der Waals surface area (Å²) in [6.07, 6.45) is 5.12. The first-order valence-electron chi connectivity index (χ1n) is 5.76. The molecule has 2 unspecified atom stereocenters. The molecule has 0 radical (unpaired) electrons. The van der Waals surface area contributed by atoms with E-state index >= 15 is 0 Å². The molecule has 2 bridgehead atoms. The van der Waals surface area contributed by atoms with Gasteiger partial charge in [0, 0.05) is 23.8 Å². The quantitative estimate of drug-likeness (QED) is 0.704. The monoisotopic (exact) mass is 222 g/mol. The molecule has 2 aliphatic heterocycles. The molecule has 0 spiro atoms. The summed E-state index contributed by atoms with van der Waals surface area (Å²) in [6.45, 7) is 0. The Labute approximate surface area is 93.7 Å². The van der Waals surface area contributed by atoms with Crippen molar-refractivity contribution in [2.45, 2.75) is 43.4 Å². The number of nitrogens with zero attached hydrogens (tertiary/aromatic N) is 1. The Balaban J connectivity index is 1.90. The van der Waals surface area contributed by atoms with E-state index in [2.05, 4.69) is 10.3 Å². The summed E-state index contributed by atoms with van der Waals surface area (Å²) >= 11 is 0. The SMILES string of the molecule is OC1(c2ccc(F)nc2)CC2CCC(C1)N2. The van der Waals surface area contributed by atoms with Gasteiger partial charge in [-0.3, -0.25) is 0 Å².